The van der Waals surface area contributed by atoms with Gasteiger partial charge in [-0.25, -0.2) is 4.98 Å². The van der Waals surface area contributed by atoms with E-state index in [0.29, 0.717) is 35.4 Å². The van der Waals surface area contributed by atoms with Crippen LogP contribution >= 0.6 is 23.1 Å². The molecule has 2 N–H and O–H groups in total. The lowest BCUT2D eigenvalue weighted by Gasteiger charge is -2.17. The summed E-state index contributed by atoms with van der Waals surface area (Å²) in [5.74, 6) is 1.27. The number of rotatable bonds is 6. The molecule has 0 radical (unpaired) electrons. The average molecular weight is 444 g/mol. The molecule has 0 spiro atoms. The van der Waals surface area contributed by atoms with E-state index in [1.54, 1.807) is 12.1 Å². The van der Waals surface area contributed by atoms with E-state index in [-0.39, 0.29) is 23.6 Å². The number of aromatic nitrogens is 1. The number of fused-ring (bicyclic) bond motifs is 2. The number of carbonyl (C=O) groups excluding carboxylic acids is 2. The molecular formula is C21H21N3O4S2. The van der Waals surface area contributed by atoms with Gasteiger partial charge in [0.2, 0.25) is 5.91 Å². The second kappa shape index (κ2) is 8.93. The molecule has 9 heteroatoms. The molecular weight excluding hydrogens is 422 g/mol. The molecule has 0 saturated heterocycles. The zero-order chi connectivity index (χ0) is 21.1. The van der Waals surface area contributed by atoms with Crippen LogP contribution in [0.4, 0.5) is 5.13 Å². The second-order valence-electron chi connectivity index (χ2n) is 6.94. The Balaban J connectivity index is 1.49. The molecule has 1 aliphatic heterocycles. The van der Waals surface area contributed by atoms with E-state index in [1.165, 1.54) is 23.1 Å². The number of carbonyl (C=O) groups is 2. The Hall–Kier alpha value is -2.78. The van der Waals surface area contributed by atoms with Crippen LogP contribution in [-0.4, -0.2) is 41.8 Å². The molecule has 7 nitrogen and oxygen atoms in total. The number of hydrogen-bond donors (Lipinski definition) is 2. The first-order valence-corrected chi connectivity index (χ1v) is 11.3. The van der Waals surface area contributed by atoms with Gasteiger partial charge < -0.3 is 14.8 Å². The highest BCUT2D eigenvalue weighted by atomic mass is 32.2. The van der Waals surface area contributed by atoms with Crippen molar-refractivity contribution in [2.75, 3.05) is 24.3 Å². The summed E-state index contributed by atoms with van der Waals surface area (Å²) in [6.07, 6.45) is 0. The lowest BCUT2D eigenvalue weighted by molar-refractivity contribution is -0.119. The molecule has 0 fully saturated rings. The van der Waals surface area contributed by atoms with Crippen molar-refractivity contribution in [3.63, 3.8) is 0 Å². The standard InChI is InChI=1S/C21H21N3O4S2/c1-12(2)22-19(25)11-29-17-6-4-3-5-13(17)20(26)24-21-23-14-9-15-16(10-18(14)30-21)28-8-7-27-15/h3-6,9-10,12H,7-8,11H2,1-2H3,(H,22,25)(H,23,24,26). The van der Waals surface area contributed by atoms with Gasteiger partial charge in [-0.15, -0.1) is 11.8 Å². The van der Waals surface area contributed by atoms with Crippen LogP contribution in [0.2, 0.25) is 0 Å². The molecule has 4 rings (SSSR count). The van der Waals surface area contributed by atoms with Crippen LogP contribution in [0, 0.1) is 0 Å². The Labute approximate surface area is 182 Å². The van der Waals surface area contributed by atoms with Crippen molar-refractivity contribution >= 4 is 50.3 Å². The van der Waals surface area contributed by atoms with Gasteiger partial charge in [0, 0.05) is 23.1 Å². The molecule has 1 aromatic heterocycles. The van der Waals surface area contributed by atoms with E-state index in [1.807, 2.05) is 38.1 Å². The summed E-state index contributed by atoms with van der Waals surface area (Å²) in [6, 6.07) is 11.0. The molecule has 2 aromatic carbocycles. The topological polar surface area (TPSA) is 89.6 Å². The highest BCUT2D eigenvalue weighted by Gasteiger charge is 2.18. The van der Waals surface area contributed by atoms with E-state index in [2.05, 4.69) is 15.6 Å². The van der Waals surface area contributed by atoms with Crippen LogP contribution in [0.1, 0.15) is 24.2 Å². The Morgan fingerprint density at radius 1 is 1.17 bits per heavy atom. The zero-order valence-electron chi connectivity index (χ0n) is 16.6. The van der Waals surface area contributed by atoms with E-state index in [0.717, 1.165) is 15.1 Å². The number of benzene rings is 2. The Morgan fingerprint density at radius 2 is 1.90 bits per heavy atom. The predicted molar refractivity (Wildman–Crippen MR) is 119 cm³/mol. The summed E-state index contributed by atoms with van der Waals surface area (Å²) in [6.45, 7) is 4.85. The van der Waals surface area contributed by atoms with E-state index >= 15 is 0 Å². The van der Waals surface area contributed by atoms with E-state index < -0.39 is 0 Å². The molecule has 0 bridgehead atoms. The summed E-state index contributed by atoms with van der Waals surface area (Å²) in [5.41, 5.74) is 1.25. The summed E-state index contributed by atoms with van der Waals surface area (Å²) >= 11 is 2.71. The quantitative estimate of drug-likeness (QED) is 0.561. The molecule has 0 unspecified atom stereocenters. The molecule has 0 atom stereocenters. The molecule has 1 aliphatic rings. The van der Waals surface area contributed by atoms with Gasteiger partial charge in [-0.2, -0.15) is 0 Å². The zero-order valence-corrected chi connectivity index (χ0v) is 18.2. The maximum Gasteiger partial charge on any atom is 0.258 e. The van der Waals surface area contributed by atoms with Gasteiger partial charge in [-0.05, 0) is 26.0 Å². The Morgan fingerprint density at radius 3 is 2.67 bits per heavy atom. The molecule has 3 aromatic rings. The molecule has 0 saturated carbocycles. The van der Waals surface area contributed by atoms with Gasteiger partial charge in [0.05, 0.1) is 21.5 Å². The first kappa shape index (κ1) is 20.5. The van der Waals surface area contributed by atoms with Gasteiger partial charge in [-0.3, -0.25) is 14.9 Å². The fourth-order valence-corrected chi connectivity index (χ4v) is 4.70. The van der Waals surface area contributed by atoms with Crippen molar-refractivity contribution in [2.45, 2.75) is 24.8 Å². The lowest BCUT2D eigenvalue weighted by Crippen LogP contribution is -2.31. The number of nitrogens with one attached hydrogen (secondary N) is 2. The van der Waals surface area contributed by atoms with E-state index in [4.69, 9.17) is 9.47 Å². The van der Waals surface area contributed by atoms with Crippen LogP contribution in [0.25, 0.3) is 10.2 Å². The van der Waals surface area contributed by atoms with Crippen molar-refractivity contribution < 1.29 is 19.1 Å². The first-order valence-electron chi connectivity index (χ1n) is 9.52. The van der Waals surface area contributed by atoms with Crippen LogP contribution in [0.5, 0.6) is 11.5 Å². The minimum Gasteiger partial charge on any atom is -0.486 e. The van der Waals surface area contributed by atoms with Crippen LogP contribution in [0.15, 0.2) is 41.3 Å². The highest BCUT2D eigenvalue weighted by molar-refractivity contribution is 8.00. The Kier molecular flexibility index (Phi) is 6.10. The lowest BCUT2D eigenvalue weighted by atomic mass is 10.2. The molecule has 156 valence electrons. The molecule has 0 aliphatic carbocycles. The number of thiazole rings is 1. The van der Waals surface area contributed by atoms with Gasteiger partial charge >= 0.3 is 0 Å². The number of ether oxygens (including phenoxy) is 2. The maximum absolute atomic E-state index is 12.9. The number of hydrogen-bond acceptors (Lipinski definition) is 7. The maximum atomic E-state index is 12.9. The largest absolute Gasteiger partial charge is 0.486 e. The van der Waals surface area contributed by atoms with Gasteiger partial charge in [0.1, 0.15) is 13.2 Å². The van der Waals surface area contributed by atoms with Crippen LogP contribution in [0.3, 0.4) is 0 Å². The third kappa shape index (κ3) is 4.68. The van der Waals surface area contributed by atoms with Gasteiger partial charge in [-0.1, -0.05) is 23.5 Å². The number of nitrogens with zero attached hydrogens (tertiary/aromatic N) is 1. The number of thioether (sulfide) groups is 1. The second-order valence-corrected chi connectivity index (χ2v) is 8.99. The van der Waals surface area contributed by atoms with Crippen molar-refractivity contribution in [2.24, 2.45) is 0 Å². The third-order valence-corrected chi connectivity index (χ3v) is 6.22. The van der Waals surface area contributed by atoms with Crippen molar-refractivity contribution in [1.82, 2.24) is 10.3 Å². The van der Waals surface area contributed by atoms with Crippen molar-refractivity contribution in [3.05, 3.63) is 42.0 Å². The van der Waals surface area contributed by atoms with Crippen LogP contribution < -0.4 is 20.1 Å². The fourth-order valence-electron chi connectivity index (χ4n) is 2.97. The van der Waals surface area contributed by atoms with Gasteiger partial charge in [0.25, 0.3) is 5.91 Å². The van der Waals surface area contributed by atoms with Gasteiger partial charge in [0.15, 0.2) is 16.6 Å². The van der Waals surface area contributed by atoms with Crippen molar-refractivity contribution in [1.29, 1.82) is 0 Å². The molecule has 2 heterocycles. The Bertz CT molecular complexity index is 1050. The fraction of sp³-hybridized carbons (Fsp3) is 0.286. The SMILES string of the molecule is CC(C)NC(=O)CSc1ccccc1C(=O)Nc1nc2cc3c(cc2s1)OCCO3. The van der Waals surface area contributed by atoms with Crippen molar-refractivity contribution in [3.8, 4) is 11.5 Å². The molecule has 30 heavy (non-hydrogen) atoms. The number of anilines is 1. The van der Waals surface area contributed by atoms with E-state index in [9.17, 15) is 9.59 Å². The predicted octanol–water partition coefficient (Wildman–Crippen LogP) is 3.94. The average Bonchev–Trinajstić information content (AvgIpc) is 3.11. The third-order valence-electron chi connectivity index (χ3n) is 4.21. The molecule has 2 amide bonds. The summed E-state index contributed by atoms with van der Waals surface area (Å²) in [5, 5.41) is 6.22. The highest BCUT2D eigenvalue weighted by Crippen LogP contribution is 2.38. The summed E-state index contributed by atoms with van der Waals surface area (Å²) in [4.78, 5) is 30.1. The minimum absolute atomic E-state index is 0.0650. The van der Waals surface area contributed by atoms with Crippen LogP contribution in [-0.2, 0) is 4.79 Å². The first-order chi connectivity index (χ1) is 14.5. The normalized spacial score (nSPS) is 12.8. The summed E-state index contributed by atoms with van der Waals surface area (Å²) < 4.78 is 12.1. The monoisotopic (exact) mass is 443 g/mol. The minimum atomic E-state index is -0.265. The number of amides is 2. The summed E-state index contributed by atoms with van der Waals surface area (Å²) in [7, 11) is 0. The smallest absolute Gasteiger partial charge is 0.258 e.